The van der Waals surface area contributed by atoms with E-state index in [9.17, 15) is 14.7 Å². The zero-order valence-electron chi connectivity index (χ0n) is 34.8. The van der Waals surface area contributed by atoms with Gasteiger partial charge in [0, 0.05) is 13.0 Å². The lowest BCUT2D eigenvalue weighted by Crippen LogP contribution is -2.29. The van der Waals surface area contributed by atoms with Gasteiger partial charge in [-0.25, -0.2) is 0 Å². The van der Waals surface area contributed by atoms with Crippen LogP contribution >= 0.6 is 0 Å². The molecule has 51 heavy (non-hydrogen) atoms. The van der Waals surface area contributed by atoms with Gasteiger partial charge in [-0.3, -0.25) is 9.59 Å². The molecule has 0 fully saturated rings. The quantitative estimate of drug-likeness (QED) is 0.0500. The minimum absolute atomic E-state index is 0.0122. The molecule has 6 nitrogen and oxygen atoms in total. The van der Waals surface area contributed by atoms with Crippen LogP contribution in [-0.4, -0.2) is 60.9 Å². The summed E-state index contributed by atoms with van der Waals surface area (Å²) < 4.78 is 11.6. The number of esters is 2. The Morgan fingerprint density at radius 1 is 0.510 bits per heavy atom. The molecule has 0 rings (SSSR count). The molecule has 0 aromatic heterocycles. The highest BCUT2D eigenvalue weighted by Gasteiger charge is 2.19. The van der Waals surface area contributed by atoms with E-state index in [1.807, 2.05) is 0 Å². The number of rotatable bonds is 41. The van der Waals surface area contributed by atoms with Crippen molar-refractivity contribution >= 4 is 11.9 Å². The summed E-state index contributed by atoms with van der Waals surface area (Å²) in [4.78, 5) is 27.5. The zero-order valence-corrected chi connectivity index (χ0v) is 34.8. The Bertz CT molecular complexity index is 715. The van der Waals surface area contributed by atoms with Gasteiger partial charge in [0.25, 0.3) is 0 Å². The van der Waals surface area contributed by atoms with Crippen molar-refractivity contribution in [1.82, 2.24) is 4.90 Å². The van der Waals surface area contributed by atoms with Crippen LogP contribution in [0.25, 0.3) is 0 Å². The molecule has 0 aromatic carbocycles. The number of unbranched alkanes of at least 4 members (excludes halogenated alkanes) is 23. The molecule has 0 aliphatic rings. The van der Waals surface area contributed by atoms with Crippen LogP contribution in [0.15, 0.2) is 0 Å². The van der Waals surface area contributed by atoms with Crippen molar-refractivity contribution < 1.29 is 24.2 Å². The largest absolute Gasteiger partial charge is 0.466 e. The van der Waals surface area contributed by atoms with Crippen LogP contribution in [0.3, 0.4) is 0 Å². The average molecular weight is 724 g/mol. The van der Waals surface area contributed by atoms with Gasteiger partial charge in [0.1, 0.15) is 6.10 Å². The van der Waals surface area contributed by atoms with Crippen LogP contribution in [-0.2, 0) is 19.1 Å². The van der Waals surface area contributed by atoms with Crippen LogP contribution in [0.5, 0.6) is 0 Å². The van der Waals surface area contributed by atoms with Crippen LogP contribution in [0.4, 0.5) is 0 Å². The third kappa shape index (κ3) is 35.6. The minimum atomic E-state index is -0.0505. The summed E-state index contributed by atoms with van der Waals surface area (Å²) in [6.07, 6.45) is 37.7. The van der Waals surface area contributed by atoms with Gasteiger partial charge in [-0.2, -0.15) is 0 Å². The first-order valence-corrected chi connectivity index (χ1v) is 22.7. The predicted octanol–water partition coefficient (Wildman–Crippen LogP) is 12.9. The topological polar surface area (TPSA) is 76.1 Å². The molecule has 0 spiro atoms. The minimum Gasteiger partial charge on any atom is -0.466 e. The number of carbonyl (C=O) groups excluding carboxylic acids is 2. The lowest BCUT2D eigenvalue weighted by Gasteiger charge is -2.21. The third-order valence-corrected chi connectivity index (χ3v) is 10.6. The number of aliphatic hydroxyl groups is 1. The van der Waals surface area contributed by atoms with Crippen molar-refractivity contribution in [2.45, 2.75) is 239 Å². The molecule has 0 heterocycles. The molecule has 1 N–H and O–H groups in total. The predicted molar refractivity (Wildman–Crippen MR) is 218 cm³/mol. The van der Waals surface area contributed by atoms with Crippen molar-refractivity contribution in [3.05, 3.63) is 0 Å². The Balaban J connectivity index is 4.07. The van der Waals surface area contributed by atoms with E-state index in [0.717, 1.165) is 90.1 Å². The monoisotopic (exact) mass is 724 g/mol. The van der Waals surface area contributed by atoms with Crippen molar-refractivity contribution in [2.24, 2.45) is 5.92 Å². The number of nitrogens with zero attached hydrogens (tertiary/aromatic N) is 1. The van der Waals surface area contributed by atoms with E-state index in [-0.39, 0.29) is 30.6 Å². The van der Waals surface area contributed by atoms with Crippen molar-refractivity contribution in [2.75, 3.05) is 32.8 Å². The Labute approximate surface area is 318 Å². The number of carbonyl (C=O) groups is 2. The van der Waals surface area contributed by atoms with Gasteiger partial charge in [-0.15, -0.1) is 0 Å². The molecule has 0 aromatic rings. The molecule has 0 saturated carbocycles. The SMILES string of the molecule is CCCCCCCCCCCOC(=O)CCCCCN(CCO)CCCCCCC(C)C(=O)OC(CCCCCCCC)CCCCCCCC. The molecule has 1 atom stereocenters. The standard InChI is InChI=1S/C45H89NO5/c1-5-8-11-14-17-18-19-24-32-41-50-44(48)36-29-25-31-38-46(39-40-47)37-30-23-22-26-33-42(4)45(49)51-43(34-27-20-15-12-9-6-2)35-28-21-16-13-10-7-3/h42-43,47H,5-41H2,1-4H3. The molecule has 6 heteroatoms. The summed E-state index contributed by atoms with van der Waals surface area (Å²) in [5.41, 5.74) is 0. The van der Waals surface area contributed by atoms with Crippen LogP contribution in [0, 0.1) is 5.92 Å². The van der Waals surface area contributed by atoms with E-state index in [1.165, 1.54) is 122 Å². The summed E-state index contributed by atoms with van der Waals surface area (Å²) >= 11 is 0. The molecule has 0 radical (unpaired) electrons. The second-order valence-electron chi connectivity index (χ2n) is 15.7. The fourth-order valence-electron chi connectivity index (χ4n) is 7.03. The van der Waals surface area contributed by atoms with Gasteiger partial charge in [0.2, 0.25) is 0 Å². The fourth-order valence-corrected chi connectivity index (χ4v) is 7.03. The maximum absolute atomic E-state index is 13.0. The van der Waals surface area contributed by atoms with Crippen LogP contribution in [0.2, 0.25) is 0 Å². The molecule has 304 valence electrons. The fraction of sp³-hybridized carbons (Fsp3) is 0.956. The van der Waals surface area contributed by atoms with Crippen LogP contribution in [0.1, 0.15) is 233 Å². The van der Waals surface area contributed by atoms with E-state index in [1.54, 1.807) is 0 Å². The Morgan fingerprint density at radius 3 is 1.41 bits per heavy atom. The van der Waals surface area contributed by atoms with Crippen molar-refractivity contribution in [3.63, 3.8) is 0 Å². The Hall–Kier alpha value is -1.14. The van der Waals surface area contributed by atoms with E-state index < -0.39 is 0 Å². The van der Waals surface area contributed by atoms with E-state index in [0.29, 0.717) is 19.6 Å². The summed E-state index contributed by atoms with van der Waals surface area (Å²) in [5, 5.41) is 9.56. The maximum Gasteiger partial charge on any atom is 0.308 e. The molecule has 0 bridgehead atoms. The first-order chi connectivity index (χ1) is 25.0. The van der Waals surface area contributed by atoms with Gasteiger partial charge in [-0.05, 0) is 70.9 Å². The van der Waals surface area contributed by atoms with Gasteiger partial charge >= 0.3 is 11.9 Å². The highest BCUT2D eigenvalue weighted by molar-refractivity contribution is 5.72. The lowest BCUT2D eigenvalue weighted by atomic mass is 10.0. The number of hydrogen-bond donors (Lipinski definition) is 1. The highest BCUT2D eigenvalue weighted by atomic mass is 16.5. The normalized spacial score (nSPS) is 12.2. The van der Waals surface area contributed by atoms with E-state index in [4.69, 9.17) is 9.47 Å². The summed E-state index contributed by atoms with van der Waals surface area (Å²) in [7, 11) is 0. The van der Waals surface area contributed by atoms with Gasteiger partial charge in [-0.1, -0.05) is 169 Å². The third-order valence-electron chi connectivity index (χ3n) is 10.6. The molecular formula is C45H89NO5. The van der Waals surface area contributed by atoms with Crippen molar-refractivity contribution in [3.8, 4) is 0 Å². The highest BCUT2D eigenvalue weighted by Crippen LogP contribution is 2.20. The maximum atomic E-state index is 13.0. The van der Waals surface area contributed by atoms with Crippen LogP contribution < -0.4 is 0 Å². The summed E-state index contributed by atoms with van der Waals surface area (Å²) in [6, 6.07) is 0. The molecule has 1 unspecified atom stereocenters. The molecule has 0 saturated heterocycles. The number of aliphatic hydroxyl groups excluding tert-OH is 1. The number of hydrogen-bond acceptors (Lipinski definition) is 6. The second kappa shape index (κ2) is 40.1. The first kappa shape index (κ1) is 49.9. The van der Waals surface area contributed by atoms with Gasteiger partial charge in [0.15, 0.2) is 0 Å². The first-order valence-electron chi connectivity index (χ1n) is 22.7. The molecule has 0 aliphatic carbocycles. The second-order valence-corrected chi connectivity index (χ2v) is 15.7. The molecule has 0 amide bonds. The summed E-state index contributed by atoms with van der Waals surface area (Å²) in [6.45, 7) is 12.3. The number of ether oxygens (including phenoxy) is 2. The Morgan fingerprint density at radius 2 is 0.922 bits per heavy atom. The Kier molecular flexibility index (Phi) is 39.2. The average Bonchev–Trinajstić information content (AvgIpc) is 3.12. The van der Waals surface area contributed by atoms with Crippen molar-refractivity contribution in [1.29, 1.82) is 0 Å². The van der Waals surface area contributed by atoms with E-state index in [2.05, 4.69) is 32.6 Å². The zero-order chi connectivity index (χ0) is 37.5. The van der Waals surface area contributed by atoms with Gasteiger partial charge < -0.3 is 19.5 Å². The summed E-state index contributed by atoms with van der Waals surface area (Å²) in [5.74, 6) is -0.0663. The molecular weight excluding hydrogens is 634 g/mol. The lowest BCUT2D eigenvalue weighted by molar-refractivity contribution is -0.154. The molecule has 0 aliphatic heterocycles. The smallest absolute Gasteiger partial charge is 0.308 e. The van der Waals surface area contributed by atoms with E-state index >= 15 is 0 Å². The van der Waals surface area contributed by atoms with Gasteiger partial charge in [0.05, 0.1) is 19.1 Å².